The van der Waals surface area contributed by atoms with Crippen molar-refractivity contribution in [3.63, 3.8) is 0 Å². The number of rotatable bonds is 1. The van der Waals surface area contributed by atoms with Gasteiger partial charge in [0.15, 0.2) is 0 Å². The summed E-state index contributed by atoms with van der Waals surface area (Å²) >= 11 is 1.98. The SMILES string of the molecule is CC1=CC2=C(c3ccccc3)C(C)SC2=C1. The smallest absolute Gasteiger partial charge is 0.0328 e. The standard InChI is InChI=1S/C15H14S/c1-10-8-13-14(9-10)16-11(2)15(13)12-6-4-3-5-7-12/h3-9,11H,1-2H3. The number of benzene rings is 1. The van der Waals surface area contributed by atoms with Crippen LogP contribution in [0.3, 0.4) is 0 Å². The first-order chi connectivity index (χ1) is 7.75. The Labute approximate surface area is 101 Å². The molecule has 0 bridgehead atoms. The third kappa shape index (κ3) is 1.47. The third-order valence-electron chi connectivity index (χ3n) is 3.08. The van der Waals surface area contributed by atoms with Gasteiger partial charge in [0.1, 0.15) is 0 Å². The Morgan fingerprint density at radius 1 is 1.06 bits per heavy atom. The molecule has 0 aromatic heterocycles. The van der Waals surface area contributed by atoms with Crippen LogP contribution in [0.25, 0.3) is 5.57 Å². The minimum atomic E-state index is 0.577. The van der Waals surface area contributed by atoms with Gasteiger partial charge < -0.3 is 0 Å². The quantitative estimate of drug-likeness (QED) is 0.683. The summed E-state index contributed by atoms with van der Waals surface area (Å²) in [5, 5.41) is 0.577. The Balaban J connectivity index is 2.17. The monoisotopic (exact) mass is 226 g/mol. The van der Waals surface area contributed by atoms with Gasteiger partial charge in [-0.3, -0.25) is 0 Å². The fourth-order valence-corrected chi connectivity index (χ4v) is 3.72. The molecule has 1 aromatic rings. The van der Waals surface area contributed by atoms with E-state index in [1.807, 2.05) is 11.8 Å². The molecular formula is C15H14S. The van der Waals surface area contributed by atoms with E-state index in [0.29, 0.717) is 5.25 Å². The average molecular weight is 226 g/mol. The second kappa shape index (κ2) is 3.67. The molecule has 1 heterocycles. The molecule has 0 saturated heterocycles. The van der Waals surface area contributed by atoms with Crippen molar-refractivity contribution in [3.05, 3.63) is 64.1 Å². The van der Waals surface area contributed by atoms with E-state index in [1.165, 1.54) is 27.2 Å². The summed E-state index contributed by atoms with van der Waals surface area (Å²) in [5.74, 6) is 0. The number of hydrogen-bond donors (Lipinski definition) is 0. The van der Waals surface area contributed by atoms with E-state index < -0.39 is 0 Å². The second-order valence-corrected chi connectivity index (χ2v) is 5.73. The van der Waals surface area contributed by atoms with E-state index in [2.05, 4.69) is 56.3 Å². The lowest BCUT2D eigenvalue weighted by atomic mass is 9.98. The minimum Gasteiger partial charge on any atom is -0.118 e. The molecule has 0 amide bonds. The lowest BCUT2D eigenvalue weighted by Crippen LogP contribution is -1.96. The van der Waals surface area contributed by atoms with Gasteiger partial charge in [0.05, 0.1) is 0 Å². The van der Waals surface area contributed by atoms with Crippen LogP contribution in [0.5, 0.6) is 0 Å². The molecule has 2 aliphatic rings. The Morgan fingerprint density at radius 2 is 1.81 bits per heavy atom. The zero-order valence-electron chi connectivity index (χ0n) is 9.53. The number of fused-ring (bicyclic) bond motifs is 1. The van der Waals surface area contributed by atoms with Crippen molar-refractivity contribution in [3.8, 4) is 0 Å². The molecule has 1 aliphatic heterocycles. The van der Waals surface area contributed by atoms with E-state index in [9.17, 15) is 0 Å². The topological polar surface area (TPSA) is 0 Å². The average Bonchev–Trinajstić information content (AvgIpc) is 2.74. The summed E-state index contributed by atoms with van der Waals surface area (Å²) in [5.41, 5.74) is 5.68. The van der Waals surface area contributed by atoms with Crippen LogP contribution in [0.4, 0.5) is 0 Å². The van der Waals surface area contributed by atoms with Gasteiger partial charge in [0, 0.05) is 10.2 Å². The third-order valence-corrected chi connectivity index (χ3v) is 4.26. The van der Waals surface area contributed by atoms with Crippen molar-refractivity contribution in [2.24, 2.45) is 0 Å². The highest BCUT2D eigenvalue weighted by Gasteiger charge is 2.28. The maximum absolute atomic E-state index is 2.31. The minimum absolute atomic E-state index is 0.577. The van der Waals surface area contributed by atoms with Crippen LogP contribution >= 0.6 is 11.8 Å². The van der Waals surface area contributed by atoms with Crippen LogP contribution in [-0.4, -0.2) is 5.25 Å². The lowest BCUT2D eigenvalue weighted by Gasteiger charge is -2.09. The number of allylic oxidation sites excluding steroid dienone is 4. The molecule has 0 spiro atoms. The molecule has 1 aliphatic carbocycles. The van der Waals surface area contributed by atoms with Gasteiger partial charge in [-0.05, 0) is 42.2 Å². The Hall–Kier alpha value is -1.21. The van der Waals surface area contributed by atoms with E-state index in [-0.39, 0.29) is 0 Å². The van der Waals surface area contributed by atoms with Gasteiger partial charge in [0.25, 0.3) is 0 Å². The molecule has 1 aromatic carbocycles. The summed E-state index contributed by atoms with van der Waals surface area (Å²) in [7, 11) is 0. The van der Waals surface area contributed by atoms with Crippen LogP contribution in [0.15, 0.2) is 58.5 Å². The first-order valence-corrected chi connectivity index (χ1v) is 6.50. The molecule has 3 rings (SSSR count). The Morgan fingerprint density at radius 3 is 2.56 bits per heavy atom. The first-order valence-electron chi connectivity index (χ1n) is 5.62. The molecule has 0 nitrogen and oxygen atoms in total. The molecule has 0 fully saturated rings. The van der Waals surface area contributed by atoms with Gasteiger partial charge in [-0.2, -0.15) is 0 Å². The summed E-state index contributed by atoms with van der Waals surface area (Å²) in [4.78, 5) is 1.45. The van der Waals surface area contributed by atoms with Gasteiger partial charge >= 0.3 is 0 Å². The summed E-state index contributed by atoms with van der Waals surface area (Å²) in [6.07, 6.45) is 4.61. The van der Waals surface area contributed by atoms with Crippen molar-refractivity contribution in [2.75, 3.05) is 0 Å². The maximum Gasteiger partial charge on any atom is 0.0328 e. The van der Waals surface area contributed by atoms with E-state index in [0.717, 1.165) is 0 Å². The van der Waals surface area contributed by atoms with Crippen molar-refractivity contribution in [1.29, 1.82) is 0 Å². The van der Waals surface area contributed by atoms with Crippen molar-refractivity contribution in [2.45, 2.75) is 19.1 Å². The van der Waals surface area contributed by atoms with Crippen molar-refractivity contribution < 1.29 is 0 Å². The Kier molecular flexibility index (Phi) is 2.29. The fourth-order valence-electron chi connectivity index (χ4n) is 2.41. The molecule has 80 valence electrons. The summed E-state index contributed by atoms with van der Waals surface area (Å²) in [6, 6.07) is 10.7. The molecule has 0 N–H and O–H groups in total. The highest BCUT2D eigenvalue weighted by molar-refractivity contribution is 8.04. The predicted octanol–water partition coefficient (Wildman–Crippen LogP) is 4.42. The number of thioether (sulfide) groups is 1. The van der Waals surface area contributed by atoms with Crippen LogP contribution in [0.1, 0.15) is 19.4 Å². The molecular weight excluding hydrogens is 212 g/mol. The fraction of sp³-hybridized carbons (Fsp3) is 0.200. The largest absolute Gasteiger partial charge is 0.118 e. The lowest BCUT2D eigenvalue weighted by molar-refractivity contribution is 1.27. The number of hydrogen-bond acceptors (Lipinski definition) is 1. The van der Waals surface area contributed by atoms with Crippen LogP contribution in [0, 0.1) is 0 Å². The van der Waals surface area contributed by atoms with Gasteiger partial charge in [-0.1, -0.05) is 36.4 Å². The van der Waals surface area contributed by atoms with E-state index in [1.54, 1.807) is 0 Å². The zero-order chi connectivity index (χ0) is 11.1. The van der Waals surface area contributed by atoms with Crippen molar-refractivity contribution in [1.82, 2.24) is 0 Å². The molecule has 0 radical (unpaired) electrons. The van der Waals surface area contributed by atoms with Crippen LogP contribution < -0.4 is 0 Å². The second-order valence-electron chi connectivity index (χ2n) is 4.35. The molecule has 1 atom stereocenters. The maximum atomic E-state index is 2.31. The van der Waals surface area contributed by atoms with Gasteiger partial charge in [0.2, 0.25) is 0 Å². The highest BCUT2D eigenvalue weighted by atomic mass is 32.2. The van der Waals surface area contributed by atoms with Crippen LogP contribution in [-0.2, 0) is 0 Å². The zero-order valence-corrected chi connectivity index (χ0v) is 10.3. The molecule has 1 heteroatoms. The molecule has 0 saturated carbocycles. The van der Waals surface area contributed by atoms with Crippen molar-refractivity contribution >= 4 is 17.3 Å². The summed E-state index contributed by atoms with van der Waals surface area (Å²) < 4.78 is 0. The van der Waals surface area contributed by atoms with Gasteiger partial charge in [-0.25, -0.2) is 0 Å². The first kappa shape index (κ1) is 9.98. The van der Waals surface area contributed by atoms with E-state index in [4.69, 9.17) is 0 Å². The van der Waals surface area contributed by atoms with Crippen LogP contribution in [0.2, 0.25) is 0 Å². The highest BCUT2D eigenvalue weighted by Crippen LogP contribution is 2.49. The van der Waals surface area contributed by atoms with Gasteiger partial charge in [-0.15, -0.1) is 11.8 Å². The molecule has 16 heavy (non-hydrogen) atoms. The Bertz CT molecular complexity index is 518. The normalized spacial score (nSPS) is 23.2. The summed E-state index contributed by atoms with van der Waals surface area (Å²) in [6.45, 7) is 4.47. The predicted molar refractivity (Wildman–Crippen MR) is 72.3 cm³/mol. The van der Waals surface area contributed by atoms with E-state index >= 15 is 0 Å². The molecule has 1 unspecified atom stereocenters.